The van der Waals surface area contributed by atoms with Gasteiger partial charge in [-0.05, 0) is 24.5 Å². The van der Waals surface area contributed by atoms with Crippen LogP contribution in [-0.4, -0.2) is 28.2 Å². The van der Waals surface area contributed by atoms with Crippen molar-refractivity contribution in [2.45, 2.75) is 6.92 Å². The first-order valence-corrected chi connectivity index (χ1v) is 4.10. The van der Waals surface area contributed by atoms with E-state index in [1.54, 1.807) is 0 Å². The van der Waals surface area contributed by atoms with Crippen molar-refractivity contribution in [1.29, 1.82) is 0 Å². The number of rotatable bonds is 3. The summed E-state index contributed by atoms with van der Waals surface area (Å²) in [6.07, 6.45) is 0. The number of hydrogen-bond donors (Lipinski definition) is 3. The van der Waals surface area contributed by atoms with Crippen molar-refractivity contribution in [3.63, 3.8) is 0 Å². The first-order valence-electron chi connectivity index (χ1n) is 4.10. The van der Waals surface area contributed by atoms with E-state index in [0.29, 0.717) is 0 Å². The largest absolute Gasteiger partial charge is 0.733 e. The topological polar surface area (TPSA) is 104 Å². The van der Waals surface area contributed by atoms with Gasteiger partial charge in [-0.15, -0.1) is 0 Å². The first kappa shape index (κ1) is 11.7. The van der Waals surface area contributed by atoms with Crippen LogP contribution in [0.2, 0.25) is 0 Å². The van der Waals surface area contributed by atoms with Crippen LogP contribution in [0.4, 0.5) is 5.69 Å². The van der Waals surface area contributed by atoms with Crippen molar-refractivity contribution >= 4 is 24.1 Å². The van der Waals surface area contributed by atoms with E-state index in [4.69, 9.17) is 15.3 Å². The molecule has 0 saturated heterocycles. The number of carbonyl (C=O) groups excluding carboxylic acids is 1. The Morgan fingerprint density at radius 1 is 1.40 bits per heavy atom. The van der Waals surface area contributed by atoms with Gasteiger partial charge in [-0.25, -0.2) is 0 Å². The summed E-state index contributed by atoms with van der Waals surface area (Å²) in [6, 6.07) is 3.46. The number of nitrogens with zero attached hydrogens (tertiary/aromatic N) is 1. The second-order valence-corrected chi connectivity index (χ2v) is 3.02. The van der Waals surface area contributed by atoms with Gasteiger partial charge in [-0.1, -0.05) is 6.07 Å². The van der Waals surface area contributed by atoms with E-state index in [0.717, 1.165) is 12.1 Å². The molecule has 6 nitrogen and oxygen atoms in total. The lowest BCUT2D eigenvalue weighted by atomic mass is 9.79. The van der Waals surface area contributed by atoms with Crippen molar-refractivity contribution in [3.8, 4) is 0 Å². The Labute approximate surface area is 86.1 Å². The zero-order chi connectivity index (χ0) is 11.6. The molecule has 0 aromatic heterocycles. The molecule has 7 heteroatoms. The maximum atomic E-state index is 11.0. The monoisotopic (exact) mass is 210 g/mol. The summed E-state index contributed by atoms with van der Waals surface area (Å²) >= 11 is 0. The smallest absolute Gasteiger partial charge is 0.488 e. The summed E-state index contributed by atoms with van der Waals surface area (Å²) in [7, 11) is -1.80. The molecule has 0 spiro atoms. The van der Waals surface area contributed by atoms with E-state index in [9.17, 15) is 10.0 Å². The van der Waals surface area contributed by atoms with Crippen molar-refractivity contribution < 1.29 is 20.0 Å². The molecule has 15 heavy (non-hydrogen) atoms. The average Bonchev–Trinajstić information content (AvgIpc) is 2.16. The van der Waals surface area contributed by atoms with E-state index in [1.165, 1.54) is 13.0 Å². The Hall–Kier alpha value is -1.41. The standard InChI is InChI=1S/C8H9BNO5/c1-5(11)6-2-7(9(12)13)4-8(3-6)10(14)15/h2-4,12-14H,1H3/q-1. The Morgan fingerprint density at radius 3 is 2.40 bits per heavy atom. The zero-order valence-electron chi connectivity index (χ0n) is 7.91. The Kier molecular flexibility index (Phi) is 3.43. The predicted octanol–water partition coefficient (Wildman–Crippen LogP) is -0.738. The molecule has 0 aliphatic carbocycles. The lowest BCUT2D eigenvalue weighted by molar-refractivity contribution is 0.101. The molecule has 0 fully saturated rings. The van der Waals surface area contributed by atoms with E-state index in [1.807, 2.05) is 0 Å². The normalized spacial score (nSPS) is 9.93. The van der Waals surface area contributed by atoms with Gasteiger partial charge in [0.2, 0.25) is 0 Å². The highest BCUT2D eigenvalue weighted by Crippen LogP contribution is 2.13. The lowest BCUT2D eigenvalue weighted by Crippen LogP contribution is -2.31. The van der Waals surface area contributed by atoms with Crippen LogP contribution < -0.4 is 10.7 Å². The van der Waals surface area contributed by atoms with Crippen LogP contribution in [0.15, 0.2) is 18.2 Å². The molecule has 80 valence electrons. The quantitative estimate of drug-likeness (QED) is 0.345. The number of hydrogen-bond acceptors (Lipinski definition) is 6. The van der Waals surface area contributed by atoms with Crippen LogP contribution in [-0.2, 0) is 0 Å². The maximum Gasteiger partial charge on any atom is 0.488 e. The number of Topliss-reactive ketones (excluding diaryl/α,β-unsaturated/α-hetero) is 1. The average molecular weight is 210 g/mol. The van der Waals surface area contributed by atoms with Crippen molar-refractivity contribution in [2.75, 3.05) is 5.23 Å². The van der Waals surface area contributed by atoms with Crippen LogP contribution in [0.3, 0.4) is 0 Å². The molecule has 3 N–H and O–H groups in total. The summed E-state index contributed by atoms with van der Waals surface area (Å²) < 4.78 is 0. The highest BCUT2D eigenvalue weighted by molar-refractivity contribution is 6.58. The van der Waals surface area contributed by atoms with Crippen LogP contribution in [0, 0.1) is 5.21 Å². The summed E-state index contributed by atoms with van der Waals surface area (Å²) in [5.41, 5.74) is -0.149. The van der Waals surface area contributed by atoms with Crippen LogP contribution in [0.25, 0.3) is 0 Å². The number of ketones is 1. The third-order valence-electron chi connectivity index (χ3n) is 1.87. The van der Waals surface area contributed by atoms with Gasteiger partial charge >= 0.3 is 7.12 Å². The van der Waals surface area contributed by atoms with E-state index in [-0.39, 0.29) is 22.5 Å². The minimum absolute atomic E-state index is 0.0346. The van der Waals surface area contributed by atoms with E-state index >= 15 is 0 Å². The molecular weight excluding hydrogens is 201 g/mol. The maximum absolute atomic E-state index is 11.0. The Bertz CT molecular complexity index is 353. The third-order valence-corrected chi connectivity index (χ3v) is 1.87. The molecular formula is C8H9BNO5-. The molecule has 1 aromatic carbocycles. The number of anilines is 1. The fourth-order valence-electron chi connectivity index (χ4n) is 1.10. The van der Waals surface area contributed by atoms with Crippen LogP contribution in [0.5, 0.6) is 0 Å². The molecule has 0 radical (unpaired) electrons. The number of carbonyl (C=O) groups is 1. The van der Waals surface area contributed by atoms with Crippen molar-refractivity contribution in [1.82, 2.24) is 0 Å². The molecule has 0 saturated carbocycles. The van der Waals surface area contributed by atoms with E-state index in [2.05, 4.69) is 0 Å². The van der Waals surface area contributed by atoms with Crippen molar-refractivity contribution in [3.05, 3.63) is 29.0 Å². The van der Waals surface area contributed by atoms with Gasteiger partial charge in [0.15, 0.2) is 5.78 Å². The van der Waals surface area contributed by atoms with E-state index < -0.39 is 12.3 Å². The van der Waals surface area contributed by atoms with Gasteiger partial charge in [-0.2, -0.15) is 0 Å². The summed E-state index contributed by atoms with van der Waals surface area (Å²) in [6.45, 7) is 1.26. The van der Waals surface area contributed by atoms with Gasteiger partial charge in [0.1, 0.15) is 0 Å². The van der Waals surface area contributed by atoms with Gasteiger partial charge in [0.25, 0.3) is 0 Å². The molecule has 1 aromatic rings. The second-order valence-electron chi connectivity index (χ2n) is 3.02. The second kappa shape index (κ2) is 4.41. The zero-order valence-corrected chi connectivity index (χ0v) is 7.91. The fourth-order valence-corrected chi connectivity index (χ4v) is 1.10. The lowest BCUT2D eigenvalue weighted by Gasteiger charge is -2.22. The minimum Gasteiger partial charge on any atom is -0.733 e. The molecule has 0 aliphatic heterocycles. The highest BCUT2D eigenvalue weighted by Gasteiger charge is 2.14. The molecule has 1 rings (SSSR count). The minimum atomic E-state index is -1.80. The van der Waals surface area contributed by atoms with Gasteiger partial charge < -0.3 is 20.5 Å². The summed E-state index contributed by atoms with van der Waals surface area (Å²) in [5, 5.41) is 36.5. The van der Waals surface area contributed by atoms with Crippen LogP contribution >= 0.6 is 0 Å². The molecule has 0 atom stereocenters. The van der Waals surface area contributed by atoms with Gasteiger partial charge in [-0.3, -0.25) is 10.0 Å². The third kappa shape index (κ3) is 2.77. The molecule has 0 aliphatic rings. The predicted molar refractivity (Wildman–Crippen MR) is 53.9 cm³/mol. The van der Waals surface area contributed by atoms with Gasteiger partial charge in [0.05, 0.1) is 5.69 Å². The van der Waals surface area contributed by atoms with Crippen LogP contribution in [0.1, 0.15) is 17.3 Å². The molecule has 0 amide bonds. The first-order chi connectivity index (χ1) is 6.91. The van der Waals surface area contributed by atoms with Gasteiger partial charge in [0, 0.05) is 5.56 Å². The molecule has 0 heterocycles. The SMILES string of the molecule is CC(=O)c1cc(B(O)O)cc(N([O-])O)c1. The Morgan fingerprint density at radius 2 is 2.00 bits per heavy atom. The molecule has 0 bridgehead atoms. The van der Waals surface area contributed by atoms with Crippen molar-refractivity contribution in [2.24, 2.45) is 0 Å². The summed E-state index contributed by atoms with van der Waals surface area (Å²) in [4.78, 5) is 11.0. The Balaban J connectivity index is 3.26. The highest BCUT2D eigenvalue weighted by atomic mass is 16.8. The number of benzene rings is 1. The fraction of sp³-hybridized carbons (Fsp3) is 0.125. The summed E-state index contributed by atoms with van der Waals surface area (Å²) in [5.74, 6) is -0.347. The molecule has 0 unspecified atom stereocenters.